The molecule has 0 atom stereocenters. The summed E-state index contributed by atoms with van der Waals surface area (Å²) in [6.07, 6.45) is 2.54. The van der Waals surface area contributed by atoms with Crippen molar-refractivity contribution >= 4 is 12.2 Å². The summed E-state index contributed by atoms with van der Waals surface area (Å²) in [6, 6.07) is 0. The molecule has 0 aromatic carbocycles. The first-order chi connectivity index (χ1) is 6.79. The standard InChI is InChI=1S/C7H9N5OS/c1-2-5-3-8-6(13-5)4-12-7(14)9-10-11-12/h3H,2,4H2,1H3,(H,9,11,14). The van der Waals surface area contributed by atoms with Crippen molar-refractivity contribution in [1.82, 2.24) is 25.2 Å². The SMILES string of the molecule is CCc1cnc(Cn2[nH]nnc2=S)o1. The number of H-pyrrole nitrogens is 1. The third-order valence-corrected chi connectivity index (χ3v) is 2.08. The highest BCUT2D eigenvalue weighted by atomic mass is 32.1. The maximum absolute atomic E-state index is 5.41. The van der Waals surface area contributed by atoms with Crippen LogP contribution in [0.2, 0.25) is 0 Å². The largest absolute Gasteiger partial charge is 0.444 e. The molecule has 2 rings (SSSR count). The minimum Gasteiger partial charge on any atom is -0.444 e. The van der Waals surface area contributed by atoms with Crippen molar-refractivity contribution < 1.29 is 4.42 Å². The Labute approximate surface area is 84.9 Å². The van der Waals surface area contributed by atoms with Crippen molar-refractivity contribution in [3.8, 4) is 0 Å². The molecule has 0 radical (unpaired) electrons. The van der Waals surface area contributed by atoms with E-state index in [0.29, 0.717) is 17.2 Å². The highest BCUT2D eigenvalue weighted by Crippen LogP contribution is 2.05. The topological polar surface area (TPSA) is 72.5 Å². The summed E-state index contributed by atoms with van der Waals surface area (Å²) in [6.45, 7) is 2.44. The Bertz CT molecular complexity index is 470. The second-order valence-corrected chi connectivity index (χ2v) is 3.11. The predicted octanol–water partition coefficient (Wildman–Crippen LogP) is 0.934. The van der Waals surface area contributed by atoms with Crippen molar-refractivity contribution in [2.45, 2.75) is 19.9 Å². The lowest BCUT2D eigenvalue weighted by molar-refractivity contribution is 0.432. The Morgan fingerprint density at radius 3 is 3.07 bits per heavy atom. The number of nitrogens with zero attached hydrogens (tertiary/aromatic N) is 4. The summed E-state index contributed by atoms with van der Waals surface area (Å²) in [5.41, 5.74) is 0. The van der Waals surface area contributed by atoms with Gasteiger partial charge in [0.05, 0.1) is 6.20 Å². The van der Waals surface area contributed by atoms with Gasteiger partial charge in [0.25, 0.3) is 0 Å². The molecule has 0 aliphatic heterocycles. The Morgan fingerprint density at radius 1 is 1.64 bits per heavy atom. The average molecular weight is 211 g/mol. The van der Waals surface area contributed by atoms with Crippen LogP contribution < -0.4 is 0 Å². The van der Waals surface area contributed by atoms with Crippen LogP contribution in [0.3, 0.4) is 0 Å². The van der Waals surface area contributed by atoms with E-state index in [1.165, 1.54) is 0 Å². The van der Waals surface area contributed by atoms with E-state index in [2.05, 4.69) is 20.5 Å². The first kappa shape index (κ1) is 9.07. The summed E-state index contributed by atoms with van der Waals surface area (Å²) in [5.74, 6) is 1.46. The molecule has 2 aromatic heterocycles. The first-order valence-electron chi connectivity index (χ1n) is 4.21. The number of aryl methyl sites for hydroxylation is 1. The third-order valence-electron chi connectivity index (χ3n) is 1.78. The van der Waals surface area contributed by atoms with E-state index in [-0.39, 0.29) is 0 Å². The van der Waals surface area contributed by atoms with Gasteiger partial charge in [-0.1, -0.05) is 17.2 Å². The van der Waals surface area contributed by atoms with Crippen LogP contribution in [0.15, 0.2) is 10.6 Å². The molecule has 0 saturated heterocycles. The number of nitrogens with one attached hydrogen (secondary N) is 1. The van der Waals surface area contributed by atoms with E-state index in [4.69, 9.17) is 16.6 Å². The summed E-state index contributed by atoms with van der Waals surface area (Å²) < 4.78 is 7.38. The highest BCUT2D eigenvalue weighted by molar-refractivity contribution is 7.71. The van der Waals surface area contributed by atoms with Gasteiger partial charge >= 0.3 is 0 Å². The number of hydrogen-bond donors (Lipinski definition) is 1. The minimum atomic E-state index is 0.390. The van der Waals surface area contributed by atoms with Gasteiger partial charge in [-0.2, -0.15) is 5.21 Å². The van der Waals surface area contributed by atoms with Crippen molar-refractivity contribution in [1.29, 1.82) is 0 Å². The molecule has 0 unspecified atom stereocenters. The van der Waals surface area contributed by atoms with Gasteiger partial charge < -0.3 is 4.42 Å². The summed E-state index contributed by atoms with van der Waals surface area (Å²) >= 11 is 4.91. The molecule has 0 spiro atoms. The number of hydrogen-bond acceptors (Lipinski definition) is 5. The Morgan fingerprint density at radius 2 is 2.50 bits per heavy atom. The molecule has 2 heterocycles. The van der Waals surface area contributed by atoms with Crippen molar-refractivity contribution in [3.05, 3.63) is 22.6 Å². The number of aromatic nitrogens is 5. The van der Waals surface area contributed by atoms with Gasteiger partial charge in [-0.25, -0.2) is 9.67 Å². The first-order valence-corrected chi connectivity index (χ1v) is 4.62. The molecule has 0 bridgehead atoms. The Balaban J connectivity index is 2.19. The van der Waals surface area contributed by atoms with Crippen LogP contribution in [0.5, 0.6) is 0 Å². The lowest BCUT2D eigenvalue weighted by atomic mass is 10.4. The molecule has 0 aliphatic rings. The second-order valence-electron chi connectivity index (χ2n) is 2.74. The van der Waals surface area contributed by atoms with Crippen LogP contribution in [0.4, 0.5) is 0 Å². The van der Waals surface area contributed by atoms with Crippen molar-refractivity contribution in [2.24, 2.45) is 0 Å². The molecule has 0 aliphatic carbocycles. The van der Waals surface area contributed by atoms with E-state index >= 15 is 0 Å². The third kappa shape index (κ3) is 1.72. The molecule has 1 N–H and O–H groups in total. The van der Waals surface area contributed by atoms with Gasteiger partial charge in [0.15, 0.2) is 0 Å². The van der Waals surface area contributed by atoms with Crippen LogP contribution in [-0.2, 0) is 13.0 Å². The van der Waals surface area contributed by atoms with Crippen molar-refractivity contribution in [3.63, 3.8) is 0 Å². The lowest BCUT2D eigenvalue weighted by Gasteiger charge is -1.94. The summed E-state index contributed by atoms with van der Waals surface area (Å²) in [5, 5.41) is 9.83. The van der Waals surface area contributed by atoms with Gasteiger partial charge in [-0.15, -0.1) is 0 Å². The molecular formula is C7H9N5OS. The highest BCUT2D eigenvalue weighted by Gasteiger charge is 2.04. The van der Waals surface area contributed by atoms with E-state index < -0.39 is 0 Å². The van der Waals surface area contributed by atoms with Crippen LogP contribution in [0.1, 0.15) is 18.6 Å². The van der Waals surface area contributed by atoms with E-state index in [1.807, 2.05) is 6.92 Å². The zero-order chi connectivity index (χ0) is 9.97. The van der Waals surface area contributed by atoms with Gasteiger partial charge in [-0.3, -0.25) is 0 Å². The maximum atomic E-state index is 5.41. The number of oxazole rings is 1. The smallest absolute Gasteiger partial charge is 0.238 e. The maximum Gasteiger partial charge on any atom is 0.238 e. The summed E-state index contributed by atoms with van der Waals surface area (Å²) in [4.78, 5) is 4.09. The van der Waals surface area contributed by atoms with Gasteiger partial charge in [0.1, 0.15) is 12.3 Å². The molecule has 7 heteroatoms. The van der Waals surface area contributed by atoms with Gasteiger partial charge in [0, 0.05) is 6.42 Å². The number of rotatable bonds is 3. The molecule has 0 amide bonds. The normalized spacial score (nSPS) is 10.6. The number of aromatic amines is 1. The molecule has 0 fully saturated rings. The molecule has 74 valence electrons. The molecule has 2 aromatic rings. The average Bonchev–Trinajstić information content (AvgIpc) is 2.77. The Kier molecular flexibility index (Phi) is 2.40. The van der Waals surface area contributed by atoms with Crippen LogP contribution >= 0.6 is 12.2 Å². The van der Waals surface area contributed by atoms with Crippen molar-refractivity contribution in [2.75, 3.05) is 0 Å². The fraction of sp³-hybridized carbons (Fsp3) is 0.429. The Hall–Kier alpha value is -1.50. The van der Waals surface area contributed by atoms with Crippen LogP contribution in [0.25, 0.3) is 0 Å². The van der Waals surface area contributed by atoms with E-state index in [1.54, 1.807) is 10.9 Å². The fourth-order valence-electron chi connectivity index (χ4n) is 1.04. The summed E-state index contributed by atoms with van der Waals surface area (Å²) in [7, 11) is 0. The fourth-order valence-corrected chi connectivity index (χ4v) is 1.18. The predicted molar refractivity (Wildman–Crippen MR) is 50.2 cm³/mol. The van der Waals surface area contributed by atoms with Crippen LogP contribution in [-0.4, -0.2) is 25.2 Å². The van der Waals surface area contributed by atoms with Crippen LogP contribution in [0, 0.1) is 4.77 Å². The monoisotopic (exact) mass is 211 g/mol. The molecule has 14 heavy (non-hydrogen) atoms. The molecule has 0 saturated carbocycles. The zero-order valence-electron chi connectivity index (χ0n) is 7.60. The zero-order valence-corrected chi connectivity index (χ0v) is 8.41. The van der Waals surface area contributed by atoms with E-state index in [0.717, 1.165) is 12.2 Å². The second kappa shape index (κ2) is 3.70. The minimum absolute atomic E-state index is 0.390. The lowest BCUT2D eigenvalue weighted by Crippen LogP contribution is -2.02. The quantitative estimate of drug-likeness (QED) is 0.765. The molecule has 6 nitrogen and oxygen atoms in total. The van der Waals surface area contributed by atoms with E-state index in [9.17, 15) is 0 Å². The van der Waals surface area contributed by atoms with Gasteiger partial charge in [-0.05, 0) is 12.2 Å². The number of tetrazole rings is 1. The molecular weight excluding hydrogens is 202 g/mol. The van der Waals surface area contributed by atoms with Gasteiger partial charge in [0.2, 0.25) is 10.7 Å².